The van der Waals surface area contributed by atoms with Gasteiger partial charge < -0.3 is 15.4 Å². The summed E-state index contributed by atoms with van der Waals surface area (Å²) < 4.78 is 5.18. The molecule has 1 amide bonds. The molecule has 1 fully saturated rings. The van der Waals surface area contributed by atoms with Crippen LogP contribution in [-0.2, 0) is 4.74 Å². The topological polar surface area (TPSA) is 55.6 Å². The predicted octanol–water partition coefficient (Wildman–Crippen LogP) is 2.08. The highest BCUT2D eigenvalue weighted by molar-refractivity contribution is 6.00. The zero-order chi connectivity index (χ0) is 13.8. The molecule has 0 aliphatic carbocycles. The van der Waals surface area contributed by atoms with E-state index in [1.165, 1.54) is 0 Å². The number of likely N-dealkylation sites (tertiary alicyclic amines) is 1. The number of nitrogen functional groups attached to an aromatic ring is 1. The predicted molar refractivity (Wildman–Crippen MR) is 76.1 cm³/mol. The minimum Gasteiger partial charge on any atom is -0.398 e. The van der Waals surface area contributed by atoms with Crippen LogP contribution < -0.4 is 5.73 Å². The van der Waals surface area contributed by atoms with Gasteiger partial charge in [-0.25, -0.2) is 0 Å². The van der Waals surface area contributed by atoms with Gasteiger partial charge in [-0.05, 0) is 37.3 Å². The van der Waals surface area contributed by atoms with Crippen LogP contribution in [0.2, 0.25) is 0 Å². The summed E-state index contributed by atoms with van der Waals surface area (Å²) in [4.78, 5) is 14.4. The quantitative estimate of drug-likeness (QED) is 0.848. The van der Waals surface area contributed by atoms with Crippen molar-refractivity contribution in [2.75, 3.05) is 32.5 Å². The standard InChI is InChI=1S/C15H22N2O2/c1-11-4-3-5-13(16)14(11)15(18)17-8-6-12(7-9-17)10-19-2/h3-5,12H,6-10,16H2,1-2H3. The number of rotatable bonds is 3. The lowest BCUT2D eigenvalue weighted by Gasteiger charge is -2.32. The maximum Gasteiger partial charge on any atom is 0.256 e. The molecule has 104 valence electrons. The van der Waals surface area contributed by atoms with Crippen LogP contribution in [0.1, 0.15) is 28.8 Å². The number of amides is 1. The molecule has 2 N–H and O–H groups in total. The normalized spacial score (nSPS) is 16.6. The molecule has 0 spiro atoms. The van der Waals surface area contributed by atoms with E-state index in [1.807, 2.05) is 24.0 Å². The first-order valence-electron chi connectivity index (χ1n) is 6.76. The molecule has 0 unspecified atom stereocenters. The lowest BCUT2D eigenvalue weighted by molar-refractivity contribution is 0.0614. The fourth-order valence-corrected chi connectivity index (χ4v) is 2.68. The molecule has 1 saturated heterocycles. The number of aryl methyl sites for hydroxylation is 1. The van der Waals surface area contributed by atoms with Crippen molar-refractivity contribution in [3.8, 4) is 0 Å². The third-order valence-corrected chi connectivity index (χ3v) is 3.82. The summed E-state index contributed by atoms with van der Waals surface area (Å²) >= 11 is 0. The Morgan fingerprint density at radius 3 is 2.68 bits per heavy atom. The van der Waals surface area contributed by atoms with Gasteiger partial charge >= 0.3 is 0 Å². The number of hydrogen-bond donors (Lipinski definition) is 1. The molecule has 0 saturated carbocycles. The lowest BCUT2D eigenvalue weighted by atomic mass is 9.96. The highest BCUT2D eigenvalue weighted by Gasteiger charge is 2.25. The van der Waals surface area contributed by atoms with Crippen LogP contribution in [0.3, 0.4) is 0 Å². The first kappa shape index (κ1) is 13.9. The van der Waals surface area contributed by atoms with Crippen molar-refractivity contribution in [1.29, 1.82) is 0 Å². The zero-order valence-corrected chi connectivity index (χ0v) is 11.7. The van der Waals surface area contributed by atoms with E-state index in [-0.39, 0.29) is 5.91 Å². The Labute approximate surface area is 114 Å². The number of hydrogen-bond acceptors (Lipinski definition) is 3. The monoisotopic (exact) mass is 262 g/mol. The number of methoxy groups -OCH3 is 1. The summed E-state index contributed by atoms with van der Waals surface area (Å²) in [5.74, 6) is 0.634. The van der Waals surface area contributed by atoms with Crippen molar-refractivity contribution in [2.24, 2.45) is 5.92 Å². The minimum atomic E-state index is 0.0615. The van der Waals surface area contributed by atoms with E-state index < -0.39 is 0 Å². The van der Waals surface area contributed by atoms with Crippen LogP contribution in [0.25, 0.3) is 0 Å². The molecule has 4 nitrogen and oxygen atoms in total. The molecular weight excluding hydrogens is 240 g/mol. The Balaban J connectivity index is 2.05. The molecule has 1 aliphatic rings. The van der Waals surface area contributed by atoms with Gasteiger partial charge in [0, 0.05) is 32.5 Å². The van der Waals surface area contributed by atoms with E-state index >= 15 is 0 Å². The molecule has 0 radical (unpaired) electrons. The van der Waals surface area contributed by atoms with E-state index in [9.17, 15) is 4.79 Å². The van der Waals surface area contributed by atoms with Gasteiger partial charge in [0.15, 0.2) is 0 Å². The molecule has 1 aromatic carbocycles. The summed E-state index contributed by atoms with van der Waals surface area (Å²) in [5.41, 5.74) is 8.12. The Hall–Kier alpha value is -1.55. The number of benzene rings is 1. The van der Waals surface area contributed by atoms with Crippen LogP contribution in [0.5, 0.6) is 0 Å². The number of ether oxygens (including phenoxy) is 1. The Morgan fingerprint density at radius 2 is 2.11 bits per heavy atom. The first-order chi connectivity index (χ1) is 9.13. The van der Waals surface area contributed by atoms with Gasteiger partial charge in [-0.15, -0.1) is 0 Å². The van der Waals surface area contributed by atoms with E-state index in [2.05, 4.69) is 0 Å². The third-order valence-electron chi connectivity index (χ3n) is 3.82. The summed E-state index contributed by atoms with van der Waals surface area (Å²) in [6, 6.07) is 5.60. The maximum absolute atomic E-state index is 12.5. The number of nitrogens with two attached hydrogens (primary N) is 1. The van der Waals surface area contributed by atoms with Crippen LogP contribution in [0.15, 0.2) is 18.2 Å². The fourth-order valence-electron chi connectivity index (χ4n) is 2.68. The average molecular weight is 262 g/mol. The van der Waals surface area contributed by atoms with Gasteiger partial charge in [-0.2, -0.15) is 0 Å². The van der Waals surface area contributed by atoms with Crippen LogP contribution in [0, 0.1) is 12.8 Å². The lowest BCUT2D eigenvalue weighted by Crippen LogP contribution is -2.39. The van der Waals surface area contributed by atoms with Crippen molar-refractivity contribution in [3.05, 3.63) is 29.3 Å². The highest BCUT2D eigenvalue weighted by atomic mass is 16.5. The molecule has 2 rings (SSSR count). The summed E-state index contributed by atoms with van der Waals surface area (Å²) in [7, 11) is 1.73. The SMILES string of the molecule is COCC1CCN(C(=O)c2c(C)cccc2N)CC1. The fraction of sp³-hybridized carbons (Fsp3) is 0.533. The van der Waals surface area contributed by atoms with E-state index in [0.29, 0.717) is 17.2 Å². The second-order valence-corrected chi connectivity index (χ2v) is 5.23. The van der Waals surface area contributed by atoms with Crippen molar-refractivity contribution >= 4 is 11.6 Å². The van der Waals surface area contributed by atoms with Gasteiger partial charge in [0.2, 0.25) is 0 Å². The molecule has 1 aromatic rings. The highest BCUT2D eigenvalue weighted by Crippen LogP contribution is 2.23. The number of carbonyl (C=O) groups is 1. The summed E-state index contributed by atoms with van der Waals surface area (Å²) in [5, 5.41) is 0. The van der Waals surface area contributed by atoms with Crippen molar-refractivity contribution < 1.29 is 9.53 Å². The van der Waals surface area contributed by atoms with Gasteiger partial charge in [0.05, 0.1) is 5.56 Å². The van der Waals surface area contributed by atoms with Gasteiger partial charge in [-0.3, -0.25) is 4.79 Å². The first-order valence-corrected chi connectivity index (χ1v) is 6.76. The van der Waals surface area contributed by atoms with Crippen molar-refractivity contribution in [1.82, 2.24) is 4.90 Å². The van der Waals surface area contributed by atoms with Crippen LogP contribution >= 0.6 is 0 Å². The summed E-state index contributed by atoms with van der Waals surface area (Å²) in [6.07, 6.45) is 2.01. The maximum atomic E-state index is 12.5. The van der Waals surface area contributed by atoms with Gasteiger partial charge in [0.1, 0.15) is 0 Å². The molecule has 4 heteroatoms. The Morgan fingerprint density at radius 1 is 1.42 bits per heavy atom. The smallest absolute Gasteiger partial charge is 0.256 e. The van der Waals surface area contributed by atoms with Crippen LogP contribution in [-0.4, -0.2) is 37.6 Å². The molecule has 19 heavy (non-hydrogen) atoms. The van der Waals surface area contributed by atoms with Crippen molar-refractivity contribution in [2.45, 2.75) is 19.8 Å². The average Bonchev–Trinajstić information content (AvgIpc) is 2.39. The molecular formula is C15H22N2O2. The Kier molecular flexibility index (Phi) is 4.43. The van der Waals surface area contributed by atoms with E-state index in [0.717, 1.165) is 38.1 Å². The van der Waals surface area contributed by atoms with E-state index in [1.54, 1.807) is 13.2 Å². The largest absolute Gasteiger partial charge is 0.398 e. The summed E-state index contributed by atoms with van der Waals surface area (Å²) in [6.45, 7) is 4.30. The van der Waals surface area contributed by atoms with Crippen molar-refractivity contribution in [3.63, 3.8) is 0 Å². The molecule has 0 aromatic heterocycles. The molecule has 0 atom stereocenters. The van der Waals surface area contributed by atoms with Gasteiger partial charge in [-0.1, -0.05) is 12.1 Å². The molecule has 1 heterocycles. The number of carbonyl (C=O) groups excluding carboxylic acids is 1. The number of anilines is 1. The second-order valence-electron chi connectivity index (χ2n) is 5.23. The number of nitrogens with zero attached hydrogens (tertiary/aromatic N) is 1. The third kappa shape index (κ3) is 3.07. The minimum absolute atomic E-state index is 0.0615. The molecule has 0 bridgehead atoms. The zero-order valence-electron chi connectivity index (χ0n) is 11.7. The Bertz CT molecular complexity index is 431. The number of piperidine rings is 1. The second kappa shape index (κ2) is 6.06. The van der Waals surface area contributed by atoms with Crippen LogP contribution in [0.4, 0.5) is 5.69 Å². The molecule has 1 aliphatic heterocycles. The van der Waals surface area contributed by atoms with Gasteiger partial charge in [0.25, 0.3) is 5.91 Å². The van der Waals surface area contributed by atoms with E-state index in [4.69, 9.17) is 10.5 Å².